The van der Waals surface area contributed by atoms with E-state index in [4.69, 9.17) is 4.74 Å². The van der Waals surface area contributed by atoms with E-state index in [1.54, 1.807) is 23.9 Å². The number of anilines is 1. The van der Waals surface area contributed by atoms with Gasteiger partial charge in [0.2, 0.25) is 5.91 Å². The van der Waals surface area contributed by atoms with E-state index in [0.717, 1.165) is 39.3 Å². The molecule has 0 unspecified atom stereocenters. The van der Waals surface area contributed by atoms with Crippen molar-refractivity contribution in [2.45, 2.75) is 31.3 Å². The first-order valence-electron chi connectivity index (χ1n) is 9.85. The highest BCUT2D eigenvalue weighted by Crippen LogP contribution is 2.32. The van der Waals surface area contributed by atoms with Crippen LogP contribution in [0, 0.1) is 0 Å². The monoisotopic (exact) mass is 456 g/mol. The number of carbonyl (C=O) groups excluding carboxylic acids is 3. The molecule has 0 radical (unpaired) electrons. The van der Waals surface area contributed by atoms with Gasteiger partial charge < -0.3 is 10.1 Å². The van der Waals surface area contributed by atoms with Crippen molar-refractivity contribution in [2.75, 3.05) is 18.1 Å². The van der Waals surface area contributed by atoms with E-state index in [2.05, 4.69) is 12.2 Å². The Hall–Kier alpha value is -2.71. The maximum atomic E-state index is 12.7. The molecule has 1 fully saturated rings. The Balaban J connectivity index is 1.64. The van der Waals surface area contributed by atoms with Crippen molar-refractivity contribution in [2.24, 2.45) is 0 Å². The Morgan fingerprint density at radius 2 is 1.97 bits per heavy atom. The van der Waals surface area contributed by atoms with Crippen LogP contribution in [0.5, 0.6) is 5.75 Å². The minimum absolute atomic E-state index is 0.122. The van der Waals surface area contributed by atoms with Crippen molar-refractivity contribution in [3.8, 4) is 5.75 Å². The molecule has 1 N–H and O–H groups in total. The SMILES string of the molecule is CC[C@H](C)Oc1ccc(/C=C2\SC(=O)N(CC(=O)Nc3cccc(SC)c3)C2=O)cc1. The molecule has 1 aliphatic heterocycles. The second-order valence-corrected chi connectivity index (χ2v) is 8.83. The van der Waals surface area contributed by atoms with Gasteiger partial charge in [0.05, 0.1) is 11.0 Å². The highest BCUT2D eigenvalue weighted by molar-refractivity contribution is 8.18. The van der Waals surface area contributed by atoms with Gasteiger partial charge in [0, 0.05) is 10.6 Å². The fraction of sp³-hybridized carbons (Fsp3) is 0.261. The van der Waals surface area contributed by atoms with Crippen LogP contribution >= 0.6 is 23.5 Å². The molecule has 2 aromatic rings. The number of amides is 3. The van der Waals surface area contributed by atoms with Crippen LogP contribution < -0.4 is 10.1 Å². The molecule has 1 aliphatic rings. The van der Waals surface area contributed by atoms with Crippen molar-refractivity contribution < 1.29 is 19.1 Å². The number of hydrogen-bond acceptors (Lipinski definition) is 6. The summed E-state index contributed by atoms with van der Waals surface area (Å²) in [6, 6.07) is 14.7. The number of ether oxygens (including phenoxy) is 1. The van der Waals surface area contributed by atoms with Crippen molar-refractivity contribution in [1.29, 1.82) is 0 Å². The summed E-state index contributed by atoms with van der Waals surface area (Å²) in [4.78, 5) is 39.6. The first kappa shape index (κ1) is 23.0. The minimum atomic E-state index is -0.469. The highest BCUT2D eigenvalue weighted by Gasteiger charge is 2.36. The summed E-state index contributed by atoms with van der Waals surface area (Å²) in [6.45, 7) is 3.73. The van der Waals surface area contributed by atoms with Crippen LogP contribution in [0.25, 0.3) is 6.08 Å². The van der Waals surface area contributed by atoms with Crippen LogP contribution in [0.4, 0.5) is 10.5 Å². The summed E-state index contributed by atoms with van der Waals surface area (Å²) >= 11 is 2.39. The Kier molecular flexibility index (Phi) is 7.81. The summed E-state index contributed by atoms with van der Waals surface area (Å²) in [5.74, 6) is -0.141. The molecule has 2 aromatic carbocycles. The third-order valence-electron chi connectivity index (χ3n) is 4.62. The van der Waals surface area contributed by atoms with Gasteiger partial charge in [-0.15, -0.1) is 11.8 Å². The quantitative estimate of drug-likeness (QED) is 0.431. The van der Waals surface area contributed by atoms with E-state index in [-0.39, 0.29) is 17.6 Å². The lowest BCUT2D eigenvalue weighted by atomic mass is 10.2. The molecule has 0 aliphatic carbocycles. The van der Waals surface area contributed by atoms with Gasteiger partial charge in [-0.25, -0.2) is 0 Å². The van der Waals surface area contributed by atoms with Gasteiger partial charge in [0.1, 0.15) is 12.3 Å². The predicted molar refractivity (Wildman–Crippen MR) is 126 cm³/mol. The van der Waals surface area contributed by atoms with E-state index in [1.165, 1.54) is 0 Å². The van der Waals surface area contributed by atoms with E-state index in [0.29, 0.717) is 5.69 Å². The smallest absolute Gasteiger partial charge is 0.294 e. The van der Waals surface area contributed by atoms with Crippen molar-refractivity contribution in [3.63, 3.8) is 0 Å². The predicted octanol–water partition coefficient (Wildman–Crippen LogP) is 5.26. The number of hydrogen-bond donors (Lipinski definition) is 1. The van der Waals surface area contributed by atoms with Crippen molar-refractivity contribution in [1.82, 2.24) is 4.90 Å². The molecule has 162 valence electrons. The summed E-state index contributed by atoms with van der Waals surface area (Å²) in [5, 5.41) is 2.28. The molecule has 3 amide bonds. The lowest BCUT2D eigenvalue weighted by Gasteiger charge is -2.13. The van der Waals surface area contributed by atoms with Gasteiger partial charge in [-0.05, 0) is 73.3 Å². The first-order chi connectivity index (χ1) is 14.9. The topological polar surface area (TPSA) is 75.7 Å². The molecule has 1 atom stereocenters. The second-order valence-electron chi connectivity index (χ2n) is 6.95. The molecule has 1 saturated heterocycles. The van der Waals surface area contributed by atoms with Gasteiger partial charge in [-0.1, -0.05) is 25.1 Å². The van der Waals surface area contributed by atoms with Crippen molar-refractivity contribution >= 4 is 52.3 Å². The van der Waals surface area contributed by atoms with Gasteiger partial charge in [0.15, 0.2) is 0 Å². The lowest BCUT2D eigenvalue weighted by molar-refractivity contribution is -0.127. The van der Waals surface area contributed by atoms with Gasteiger partial charge in [-0.3, -0.25) is 19.3 Å². The summed E-state index contributed by atoms with van der Waals surface area (Å²) in [5.41, 5.74) is 1.40. The highest BCUT2D eigenvalue weighted by atomic mass is 32.2. The van der Waals surface area contributed by atoms with E-state index >= 15 is 0 Å². The normalized spacial score (nSPS) is 16.0. The minimum Gasteiger partial charge on any atom is -0.491 e. The van der Waals surface area contributed by atoms with E-state index < -0.39 is 17.1 Å². The maximum absolute atomic E-state index is 12.7. The molecule has 0 saturated carbocycles. The molecule has 0 bridgehead atoms. The second kappa shape index (κ2) is 10.5. The van der Waals surface area contributed by atoms with Crippen LogP contribution in [0.3, 0.4) is 0 Å². The van der Waals surface area contributed by atoms with E-state index in [1.807, 2.05) is 55.6 Å². The first-order valence-corrected chi connectivity index (χ1v) is 11.9. The molecule has 1 heterocycles. The Morgan fingerprint density at radius 1 is 1.23 bits per heavy atom. The standard InChI is InChI=1S/C23H24N2O4S2/c1-4-15(2)29-18-10-8-16(9-11-18)12-20-22(27)25(23(28)31-20)14-21(26)24-17-6-5-7-19(13-17)30-3/h5-13,15H,4,14H2,1-3H3,(H,24,26)/b20-12-/t15-/m0/s1. The number of benzene rings is 2. The van der Waals surface area contributed by atoms with Gasteiger partial charge >= 0.3 is 0 Å². The zero-order valence-corrected chi connectivity index (χ0v) is 19.2. The molecule has 3 rings (SSSR count). The Labute approximate surface area is 190 Å². The number of rotatable bonds is 8. The van der Waals surface area contributed by atoms with Crippen LogP contribution in [0.15, 0.2) is 58.3 Å². The fourth-order valence-electron chi connectivity index (χ4n) is 2.79. The molecular formula is C23H24N2O4S2. The maximum Gasteiger partial charge on any atom is 0.294 e. The summed E-state index contributed by atoms with van der Waals surface area (Å²) in [6.07, 6.45) is 4.63. The molecule has 0 aromatic heterocycles. The summed E-state index contributed by atoms with van der Waals surface area (Å²) < 4.78 is 5.75. The largest absolute Gasteiger partial charge is 0.491 e. The average Bonchev–Trinajstić information content (AvgIpc) is 3.02. The van der Waals surface area contributed by atoms with Gasteiger partial charge in [-0.2, -0.15) is 0 Å². The Bertz CT molecular complexity index is 1000. The molecular weight excluding hydrogens is 432 g/mol. The molecule has 0 spiro atoms. The molecule has 8 heteroatoms. The zero-order chi connectivity index (χ0) is 22.4. The van der Waals surface area contributed by atoms with Crippen LogP contribution in [0.2, 0.25) is 0 Å². The molecule has 6 nitrogen and oxygen atoms in total. The number of nitrogens with one attached hydrogen (secondary N) is 1. The van der Waals surface area contributed by atoms with Crippen LogP contribution in [-0.2, 0) is 9.59 Å². The third kappa shape index (κ3) is 6.15. The number of nitrogens with zero attached hydrogens (tertiary/aromatic N) is 1. The third-order valence-corrected chi connectivity index (χ3v) is 6.25. The summed E-state index contributed by atoms with van der Waals surface area (Å²) in [7, 11) is 0. The van der Waals surface area contributed by atoms with Crippen molar-refractivity contribution in [3.05, 3.63) is 59.0 Å². The number of carbonyl (C=O) groups is 3. The fourth-order valence-corrected chi connectivity index (χ4v) is 4.09. The van der Waals surface area contributed by atoms with Crippen LogP contribution in [-0.4, -0.2) is 40.9 Å². The zero-order valence-electron chi connectivity index (χ0n) is 17.6. The number of thioether (sulfide) groups is 2. The van der Waals surface area contributed by atoms with Crippen LogP contribution in [0.1, 0.15) is 25.8 Å². The Morgan fingerprint density at radius 3 is 2.65 bits per heavy atom. The van der Waals surface area contributed by atoms with E-state index in [9.17, 15) is 14.4 Å². The average molecular weight is 457 g/mol. The number of imide groups is 1. The molecule has 31 heavy (non-hydrogen) atoms. The van der Waals surface area contributed by atoms with Gasteiger partial charge in [0.25, 0.3) is 11.1 Å². The lowest BCUT2D eigenvalue weighted by Crippen LogP contribution is -2.36.